The van der Waals surface area contributed by atoms with E-state index < -0.39 is 5.92 Å². The van der Waals surface area contributed by atoms with Gasteiger partial charge in [-0.15, -0.1) is 0 Å². The van der Waals surface area contributed by atoms with Crippen molar-refractivity contribution < 1.29 is 19.1 Å². The largest absolute Gasteiger partial charge is 0.454 e. The number of carbonyl (C=O) groups is 2. The molecule has 3 aromatic rings. The van der Waals surface area contributed by atoms with E-state index in [9.17, 15) is 14.4 Å². The van der Waals surface area contributed by atoms with Crippen molar-refractivity contribution in [1.29, 1.82) is 0 Å². The fourth-order valence-corrected chi connectivity index (χ4v) is 4.36. The van der Waals surface area contributed by atoms with Crippen LogP contribution in [0, 0.1) is 5.92 Å². The molecule has 170 valence electrons. The molecule has 1 atom stereocenters. The first-order chi connectivity index (χ1) is 15.9. The lowest BCUT2D eigenvalue weighted by molar-refractivity contribution is -0.136. The maximum absolute atomic E-state index is 13.3. The molecule has 9 nitrogen and oxygen atoms in total. The highest BCUT2D eigenvalue weighted by atomic mass is 35.5. The smallest absolute Gasteiger partial charge is 0.258 e. The molecule has 1 saturated heterocycles. The van der Waals surface area contributed by atoms with E-state index in [4.69, 9.17) is 21.1 Å². The minimum absolute atomic E-state index is 0.112. The number of aromatic amines is 1. The van der Waals surface area contributed by atoms with E-state index in [-0.39, 0.29) is 43.7 Å². The van der Waals surface area contributed by atoms with Gasteiger partial charge < -0.3 is 24.3 Å². The molecule has 33 heavy (non-hydrogen) atoms. The molecular formula is C23H21ClN4O5. The highest BCUT2D eigenvalue weighted by Crippen LogP contribution is 2.37. The summed E-state index contributed by atoms with van der Waals surface area (Å²) in [6.07, 6.45) is 0.112. The fraction of sp³-hybridized carbons (Fsp3) is 0.304. The topological polar surface area (TPSA) is 105 Å². The summed E-state index contributed by atoms with van der Waals surface area (Å²) in [5, 5.41) is 0.904. The van der Waals surface area contributed by atoms with Gasteiger partial charge >= 0.3 is 0 Å². The van der Waals surface area contributed by atoms with Gasteiger partial charge in [0, 0.05) is 36.3 Å². The van der Waals surface area contributed by atoms with E-state index in [1.54, 1.807) is 46.2 Å². The van der Waals surface area contributed by atoms with Gasteiger partial charge in [-0.1, -0.05) is 11.6 Å². The zero-order chi connectivity index (χ0) is 23.1. The SMILES string of the molecule is CCN(Cc1nc2cc(Cl)ccc2c(=O)[nH]1)C(=O)[C@H]1CC(=O)N(c2ccc3c(c2)OCO3)C1. The number of rotatable bonds is 5. The maximum atomic E-state index is 13.3. The zero-order valence-corrected chi connectivity index (χ0v) is 18.6. The standard InChI is InChI=1S/C23H21ClN4O5/c1-2-27(11-20-25-17-8-14(24)3-5-16(17)22(30)26-20)23(31)13-7-21(29)28(10-13)15-4-6-18-19(9-15)33-12-32-18/h3-6,8-9,13H,2,7,10-12H2,1H3,(H,25,26,30)/t13-/m0/s1. The summed E-state index contributed by atoms with van der Waals surface area (Å²) in [6.45, 7) is 2.80. The van der Waals surface area contributed by atoms with Crippen molar-refractivity contribution >= 4 is 40.0 Å². The van der Waals surface area contributed by atoms with Crippen molar-refractivity contribution in [2.45, 2.75) is 19.9 Å². The van der Waals surface area contributed by atoms with Gasteiger partial charge in [0.15, 0.2) is 11.5 Å². The predicted molar refractivity (Wildman–Crippen MR) is 121 cm³/mol. The minimum Gasteiger partial charge on any atom is -0.454 e. The Balaban J connectivity index is 1.33. The molecule has 2 aromatic carbocycles. The molecule has 1 N–H and O–H groups in total. The van der Waals surface area contributed by atoms with Crippen LogP contribution in [0.3, 0.4) is 0 Å². The molecule has 1 fully saturated rings. The van der Waals surface area contributed by atoms with Crippen LogP contribution in [-0.2, 0) is 16.1 Å². The van der Waals surface area contributed by atoms with E-state index in [0.29, 0.717) is 45.5 Å². The van der Waals surface area contributed by atoms with E-state index in [2.05, 4.69) is 9.97 Å². The molecule has 0 spiro atoms. The number of halogens is 1. The fourth-order valence-electron chi connectivity index (χ4n) is 4.20. The Morgan fingerprint density at radius 2 is 2.03 bits per heavy atom. The van der Waals surface area contributed by atoms with Gasteiger partial charge in [0.25, 0.3) is 5.56 Å². The van der Waals surface area contributed by atoms with Crippen LogP contribution in [-0.4, -0.2) is 46.6 Å². The molecule has 1 aromatic heterocycles. The van der Waals surface area contributed by atoms with Crippen LogP contribution in [0.15, 0.2) is 41.2 Å². The van der Waals surface area contributed by atoms with Gasteiger partial charge in [0.2, 0.25) is 18.6 Å². The van der Waals surface area contributed by atoms with Crippen LogP contribution in [0.2, 0.25) is 5.02 Å². The number of carbonyl (C=O) groups excluding carboxylic acids is 2. The quantitative estimate of drug-likeness (QED) is 0.617. The number of fused-ring (bicyclic) bond motifs is 2. The first-order valence-corrected chi connectivity index (χ1v) is 11.0. The van der Waals surface area contributed by atoms with Crippen molar-refractivity contribution in [3.05, 3.63) is 57.6 Å². The highest BCUT2D eigenvalue weighted by molar-refractivity contribution is 6.31. The second kappa shape index (κ2) is 8.40. The number of benzene rings is 2. The molecule has 2 aliphatic heterocycles. The van der Waals surface area contributed by atoms with Crippen LogP contribution < -0.4 is 19.9 Å². The third-order valence-corrected chi connectivity index (χ3v) is 6.13. The van der Waals surface area contributed by atoms with Gasteiger partial charge in [-0.05, 0) is 37.3 Å². The van der Waals surface area contributed by atoms with Gasteiger partial charge in [0.05, 0.1) is 23.4 Å². The number of hydrogen-bond donors (Lipinski definition) is 1. The first kappa shape index (κ1) is 21.3. The minimum atomic E-state index is -0.496. The molecule has 3 heterocycles. The molecule has 5 rings (SSSR count). The Hall–Kier alpha value is -3.59. The van der Waals surface area contributed by atoms with Crippen molar-refractivity contribution in [1.82, 2.24) is 14.9 Å². The second-order valence-corrected chi connectivity index (χ2v) is 8.41. The van der Waals surface area contributed by atoms with Crippen molar-refractivity contribution in [2.24, 2.45) is 5.92 Å². The molecule has 2 amide bonds. The van der Waals surface area contributed by atoms with Crippen molar-refractivity contribution in [3.63, 3.8) is 0 Å². The number of aromatic nitrogens is 2. The zero-order valence-electron chi connectivity index (χ0n) is 17.8. The van der Waals surface area contributed by atoms with E-state index >= 15 is 0 Å². The third-order valence-electron chi connectivity index (χ3n) is 5.89. The lowest BCUT2D eigenvalue weighted by Gasteiger charge is -2.24. The Morgan fingerprint density at radius 1 is 1.21 bits per heavy atom. The predicted octanol–water partition coefficient (Wildman–Crippen LogP) is 2.71. The van der Waals surface area contributed by atoms with Gasteiger partial charge in [-0.25, -0.2) is 4.98 Å². The Kier molecular flexibility index (Phi) is 5.41. The molecule has 2 aliphatic rings. The average molecular weight is 469 g/mol. The van der Waals surface area contributed by atoms with Crippen LogP contribution >= 0.6 is 11.6 Å². The highest BCUT2D eigenvalue weighted by Gasteiger charge is 2.37. The molecular weight excluding hydrogens is 448 g/mol. The van der Waals surface area contributed by atoms with Gasteiger partial charge in [-0.3, -0.25) is 14.4 Å². The van der Waals surface area contributed by atoms with Crippen LogP contribution in [0.25, 0.3) is 10.9 Å². The van der Waals surface area contributed by atoms with Crippen molar-refractivity contribution in [3.8, 4) is 11.5 Å². The summed E-state index contributed by atoms with van der Waals surface area (Å²) in [4.78, 5) is 48.8. The number of anilines is 1. The van der Waals surface area contributed by atoms with Gasteiger partial charge in [-0.2, -0.15) is 0 Å². The number of H-pyrrole nitrogens is 1. The lowest BCUT2D eigenvalue weighted by atomic mass is 10.1. The summed E-state index contributed by atoms with van der Waals surface area (Å²) in [7, 11) is 0. The average Bonchev–Trinajstić information content (AvgIpc) is 3.42. The number of nitrogens with one attached hydrogen (secondary N) is 1. The Labute approximate surface area is 193 Å². The summed E-state index contributed by atoms with van der Waals surface area (Å²) >= 11 is 6.03. The number of ether oxygens (including phenoxy) is 2. The summed E-state index contributed by atoms with van der Waals surface area (Å²) in [5.74, 6) is 0.787. The summed E-state index contributed by atoms with van der Waals surface area (Å²) in [6, 6.07) is 10.2. The molecule has 10 heteroatoms. The number of nitrogens with zero attached hydrogens (tertiary/aromatic N) is 3. The van der Waals surface area contributed by atoms with Crippen molar-refractivity contribution in [2.75, 3.05) is 24.8 Å². The molecule has 0 aliphatic carbocycles. The van der Waals surface area contributed by atoms with Gasteiger partial charge in [0.1, 0.15) is 5.82 Å². The molecule has 0 saturated carbocycles. The van der Waals surface area contributed by atoms with Crippen LogP contribution in [0.5, 0.6) is 11.5 Å². The third kappa shape index (κ3) is 4.00. The second-order valence-electron chi connectivity index (χ2n) is 7.97. The van der Waals surface area contributed by atoms with Crippen LogP contribution in [0.1, 0.15) is 19.2 Å². The molecule has 0 radical (unpaired) electrons. The van der Waals surface area contributed by atoms with E-state index in [1.807, 2.05) is 6.92 Å². The number of hydrogen-bond acceptors (Lipinski definition) is 6. The first-order valence-electron chi connectivity index (χ1n) is 10.6. The Bertz CT molecular complexity index is 1320. The number of amides is 2. The normalized spacial score (nSPS) is 17.1. The Morgan fingerprint density at radius 3 is 2.85 bits per heavy atom. The van der Waals surface area contributed by atoms with E-state index in [1.165, 1.54) is 0 Å². The lowest BCUT2D eigenvalue weighted by Crippen LogP contribution is -2.37. The molecule has 0 bridgehead atoms. The monoisotopic (exact) mass is 468 g/mol. The summed E-state index contributed by atoms with van der Waals surface area (Å²) < 4.78 is 10.7. The maximum Gasteiger partial charge on any atom is 0.258 e. The van der Waals surface area contributed by atoms with E-state index in [0.717, 1.165) is 0 Å². The molecule has 0 unspecified atom stereocenters. The summed E-state index contributed by atoms with van der Waals surface area (Å²) in [5.41, 5.74) is 0.843. The van der Waals surface area contributed by atoms with Crippen LogP contribution in [0.4, 0.5) is 5.69 Å².